The van der Waals surface area contributed by atoms with Crippen LogP contribution in [0, 0.1) is 0 Å². The minimum atomic E-state index is -5.91. The molecule has 0 heterocycles. The summed E-state index contributed by atoms with van der Waals surface area (Å²) in [5, 5.41) is 0. The Bertz CT molecular complexity index is 146. The molecule has 0 bridgehead atoms. The van der Waals surface area contributed by atoms with Gasteiger partial charge in [-0.3, -0.25) is 0 Å². The fourth-order valence-electron chi connectivity index (χ4n) is 1.81. The molecule has 0 aliphatic carbocycles. The zero-order valence-electron chi connectivity index (χ0n) is 10.4. The molecule has 0 rings (SSSR count). The molecule has 16 heavy (non-hydrogen) atoms. The quantitative estimate of drug-likeness (QED) is 0.330. The van der Waals surface area contributed by atoms with Gasteiger partial charge in [0.15, 0.2) is 0 Å². The number of halogens is 3. The molecule has 0 aromatic heterocycles. The fraction of sp³-hybridized carbons (Fsp3) is 1.00. The van der Waals surface area contributed by atoms with Crippen molar-refractivity contribution < 1.29 is 8.60 Å². The topological polar surface area (TPSA) is 0 Å². The second kappa shape index (κ2) is 10.7. The van der Waals surface area contributed by atoms with Crippen LogP contribution in [-0.4, -0.2) is 20.1 Å². The van der Waals surface area contributed by atoms with E-state index in [9.17, 15) is 8.60 Å². The third kappa shape index (κ3) is 14.6. The molecule has 4 heteroatoms. The molecule has 0 atom stereocenters. The molecule has 0 radical (unpaired) electrons. The Hall–Kier alpha value is 0.589. The number of hydrogen-bond acceptors (Lipinski definition) is 0. The van der Waals surface area contributed by atoms with Crippen molar-refractivity contribution in [1.29, 1.82) is 0 Å². The summed E-state index contributed by atoms with van der Waals surface area (Å²) in [4.78, 5) is 0. The van der Waals surface area contributed by atoms with Gasteiger partial charge >= 0.3 is 104 Å². The average Bonchev–Trinajstić information content (AvgIpc) is 2.19. The van der Waals surface area contributed by atoms with Crippen molar-refractivity contribution in [2.24, 2.45) is 0 Å². The first-order valence-corrected chi connectivity index (χ1v) is 11.9. The first-order valence-electron chi connectivity index (χ1n) is 6.63. The normalized spacial score (nSPS) is 12.0. The molecule has 0 aliphatic rings. The monoisotopic (exact) mass is 346 g/mol. The van der Waals surface area contributed by atoms with Crippen molar-refractivity contribution >= 4 is 20.1 Å². The van der Waals surface area contributed by atoms with E-state index in [1.165, 1.54) is 38.5 Å². The minimum absolute atomic E-state index is 0.398. The Morgan fingerprint density at radius 1 is 0.625 bits per heavy atom. The zero-order chi connectivity index (χ0) is 12.3. The maximum atomic E-state index is 12.0. The van der Waals surface area contributed by atoms with Crippen molar-refractivity contribution in [3.8, 4) is 0 Å². The molecule has 0 unspecified atom stereocenters. The summed E-state index contributed by atoms with van der Waals surface area (Å²) >= 11 is -5.91. The van der Waals surface area contributed by atoms with E-state index in [0.29, 0.717) is 6.42 Å². The van der Waals surface area contributed by atoms with Crippen molar-refractivity contribution in [2.75, 3.05) is 0 Å². The molecular weight excluding hydrogens is 320 g/mol. The Balaban J connectivity index is 2.99. The van der Waals surface area contributed by atoms with E-state index in [4.69, 9.17) is 0 Å². The van der Waals surface area contributed by atoms with Gasteiger partial charge in [0.25, 0.3) is 0 Å². The standard InChI is InChI=1S/C12H25.3FH.Sn/c1-3-5-7-9-11-12-10-8-6-4-2;;;;/h1,3-12H2,2H3;3*1H;/q;;;;+3/p-3. The molecule has 0 spiro atoms. The summed E-state index contributed by atoms with van der Waals surface area (Å²) in [5.41, 5.74) is 0. The van der Waals surface area contributed by atoms with Gasteiger partial charge in [-0.2, -0.15) is 0 Å². The van der Waals surface area contributed by atoms with Gasteiger partial charge in [0.1, 0.15) is 0 Å². The Morgan fingerprint density at radius 2 is 1.00 bits per heavy atom. The average molecular weight is 345 g/mol. The van der Waals surface area contributed by atoms with Crippen LogP contribution in [0.5, 0.6) is 0 Å². The first-order chi connectivity index (χ1) is 7.56. The van der Waals surface area contributed by atoms with Gasteiger partial charge in [0.05, 0.1) is 0 Å². The molecular formula is C12H25F3Sn. The van der Waals surface area contributed by atoms with Crippen LogP contribution in [0.15, 0.2) is 0 Å². The van der Waals surface area contributed by atoms with Crippen molar-refractivity contribution in [1.82, 2.24) is 0 Å². The van der Waals surface area contributed by atoms with Gasteiger partial charge in [0.2, 0.25) is 0 Å². The van der Waals surface area contributed by atoms with Gasteiger partial charge < -0.3 is 0 Å². The Morgan fingerprint density at radius 3 is 1.38 bits per heavy atom. The molecule has 0 amide bonds. The second-order valence-corrected chi connectivity index (χ2v) is 9.49. The van der Waals surface area contributed by atoms with Crippen LogP contribution in [0.2, 0.25) is 4.44 Å². The first kappa shape index (κ1) is 16.6. The summed E-state index contributed by atoms with van der Waals surface area (Å²) in [6.07, 6.45) is 11.0. The van der Waals surface area contributed by atoms with Crippen LogP contribution in [0.3, 0.4) is 0 Å². The van der Waals surface area contributed by atoms with Crippen molar-refractivity contribution in [2.45, 2.75) is 75.6 Å². The third-order valence-electron chi connectivity index (χ3n) is 2.81. The van der Waals surface area contributed by atoms with Crippen LogP contribution in [0.4, 0.5) is 8.60 Å². The van der Waals surface area contributed by atoms with Crippen LogP contribution in [0.1, 0.15) is 71.1 Å². The van der Waals surface area contributed by atoms with Gasteiger partial charge in [-0.15, -0.1) is 0 Å². The van der Waals surface area contributed by atoms with E-state index in [-0.39, 0.29) is 0 Å². The van der Waals surface area contributed by atoms with E-state index in [1.54, 1.807) is 0 Å². The molecule has 0 aliphatic heterocycles. The summed E-state index contributed by atoms with van der Waals surface area (Å²) < 4.78 is 35.6. The number of unbranched alkanes of at least 4 members (excludes halogenated alkanes) is 9. The van der Waals surface area contributed by atoms with E-state index in [0.717, 1.165) is 19.3 Å². The van der Waals surface area contributed by atoms with Gasteiger partial charge in [0, 0.05) is 0 Å². The Labute approximate surface area is 104 Å². The maximum absolute atomic E-state index is 12.0. The number of hydrogen-bond donors (Lipinski definition) is 0. The molecule has 0 saturated heterocycles. The van der Waals surface area contributed by atoms with Gasteiger partial charge in [-0.25, -0.2) is 0 Å². The summed E-state index contributed by atoms with van der Waals surface area (Å²) in [6.45, 7) is 2.20. The molecule has 0 nitrogen and oxygen atoms in total. The molecule has 0 saturated carbocycles. The zero-order valence-corrected chi connectivity index (χ0v) is 13.3. The SMILES string of the molecule is CCCCCCCCCCC[CH2][Sn]([F])([F])[F]. The molecule has 98 valence electrons. The molecule has 0 fully saturated rings. The van der Waals surface area contributed by atoms with Crippen LogP contribution >= 0.6 is 0 Å². The van der Waals surface area contributed by atoms with Gasteiger partial charge in [-0.1, -0.05) is 0 Å². The summed E-state index contributed by atoms with van der Waals surface area (Å²) in [6, 6.07) is 0. The van der Waals surface area contributed by atoms with Crippen molar-refractivity contribution in [3.05, 3.63) is 0 Å². The summed E-state index contributed by atoms with van der Waals surface area (Å²) in [7, 11) is 0. The fourth-order valence-corrected chi connectivity index (χ4v) is 3.67. The van der Waals surface area contributed by atoms with Crippen molar-refractivity contribution in [3.63, 3.8) is 0 Å². The molecule has 0 N–H and O–H groups in total. The van der Waals surface area contributed by atoms with Crippen LogP contribution in [0.25, 0.3) is 0 Å². The van der Waals surface area contributed by atoms with E-state index in [2.05, 4.69) is 6.92 Å². The number of rotatable bonds is 11. The van der Waals surface area contributed by atoms with Gasteiger partial charge in [-0.05, 0) is 0 Å². The predicted octanol–water partition coefficient (Wildman–Crippen LogP) is 5.75. The van der Waals surface area contributed by atoms with E-state index >= 15 is 0 Å². The Kier molecular flexibility index (Phi) is 11.1. The predicted molar refractivity (Wildman–Crippen MR) is 65.7 cm³/mol. The van der Waals surface area contributed by atoms with Crippen LogP contribution < -0.4 is 0 Å². The third-order valence-corrected chi connectivity index (χ3v) is 5.44. The molecule has 0 aromatic carbocycles. The van der Waals surface area contributed by atoms with E-state index in [1.807, 2.05) is 0 Å². The molecule has 0 aromatic rings. The second-order valence-electron chi connectivity index (χ2n) is 4.55. The van der Waals surface area contributed by atoms with E-state index < -0.39 is 24.5 Å². The summed E-state index contributed by atoms with van der Waals surface area (Å²) in [5.74, 6) is 0. The van der Waals surface area contributed by atoms with Crippen LogP contribution in [-0.2, 0) is 0 Å².